The second kappa shape index (κ2) is 5.75. The Morgan fingerprint density at radius 2 is 1.94 bits per heavy atom. The first kappa shape index (κ1) is 13.4. The van der Waals surface area contributed by atoms with Crippen LogP contribution in [0, 0.1) is 11.8 Å². The molecule has 1 aromatic carbocycles. The van der Waals surface area contributed by atoms with Gasteiger partial charge in [-0.05, 0) is 49.3 Å². The third-order valence-electron chi connectivity index (χ3n) is 4.61. The van der Waals surface area contributed by atoms with E-state index in [9.17, 15) is 5.11 Å². The molecular formula is C16H25NO. The molecule has 2 rings (SSSR count). The highest BCUT2D eigenvalue weighted by atomic mass is 16.3. The van der Waals surface area contributed by atoms with Crippen LogP contribution in [0.2, 0.25) is 0 Å². The summed E-state index contributed by atoms with van der Waals surface area (Å²) in [4.78, 5) is 0. The van der Waals surface area contributed by atoms with Crippen LogP contribution >= 0.6 is 0 Å². The van der Waals surface area contributed by atoms with Crippen molar-refractivity contribution in [3.05, 3.63) is 29.8 Å². The van der Waals surface area contributed by atoms with Gasteiger partial charge in [-0.1, -0.05) is 32.4 Å². The van der Waals surface area contributed by atoms with Crippen LogP contribution in [0.1, 0.15) is 51.6 Å². The normalized spacial score (nSPS) is 29.4. The average molecular weight is 247 g/mol. The number of rotatable bonds is 4. The first-order valence-corrected chi connectivity index (χ1v) is 7.16. The lowest BCUT2D eigenvalue weighted by atomic mass is 9.93. The van der Waals surface area contributed by atoms with Gasteiger partial charge in [0.2, 0.25) is 0 Å². The highest BCUT2D eigenvalue weighted by molar-refractivity contribution is 5.27. The smallest absolute Gasteiger partial charge is 0.115 e. The first-order valence-electron chi connectivity index (χ1n) is 7.16. The van der Waals surface area contributed by atoms with E-state index < -0.39 is 0 Å². The lowest BCUT2D eigenvalue weighted by molar-refractivity contribution is 0.327. The van der Waals surface area contributed by atoms with E-state index in [-0.39, 0.29) is 0 Å². The van der Waals surface area contributed by atoms with Crippen molar-refractivity contribution in [1.29, 1.82) is 0 Å². The van der Waals surface area contributed by atoms with Crippen molar-refractivity contribution in [1.82, 2.24) is 5.32 Å². The van der Waals surface area contributed by atoms with Gasteiger partial charge in [-0.3, -0.25) is 0 Å². The molecule has 0 heterocycles. The van der Waals surface area contributed by atoms with Crippen molar-refractivity contribution in [3.8, 4) is 5.75 Å². The van der Waals surface area contributed by atoms with Gasteiger partial charge in [0.25, 0.3) is 0 Å². The van der Waals surface area contributed by atoms with Crippen LogP contribution in [0.25, 0.3) is 0 Å². The third kappa shape index (κ3) is 2.86. The molecule has 0 radical (unpaired) electrons. The van der Waals surface area contributed by atoms with Crippen LogP contribution in [0.15, 0.2) is 24.3 Å². The zero-order valence-electron chi connectivity index (χ0n) is 11.7. The third-order valence-corrected chi connectivity index (χ3v) is 4.61. The van der Waals surface area contributed by atoms with E-state index in [1.165, 1.54) is 24.8 Å². The minimum atomic E-state index is 0.339. The summed E-state index contributed by atoms with van der Waals surface area (Å²) in [7, 11) is 0. The van der Waals surface area contributed by atoms with E-state index in [2.05, 4.69) is 26.1 Å². The molecule has 1 aliphatic rings. The number of aromatic hydroxyl groups is 1. The second-order valence-corrected chi connectivity index (χ2v) is 5.69. The molecule has 0 bridgehead atoms. The van der Waals surface area contributed by atoms with Gasteiger partial charge in [-0.15, -0.1) is 0 Å². The van der Waals surface area contributed by atoms with Crippen LogP contribution in [0.3, 0.4) is 0 Å². The fourth-order valence-corrected chi connectivity index (χ4v) is 3.24. The monoisotopic (exact) mass is 247 g/mol. The highest BCUT2D eigenvalue weighted by Gasteiger charge is 2.32. The van der Waals surface area contributed by atoms with Gasteiger partial charge in [0.15, 0.2) is 0 Å². The maximum Gasteiger partial charge on any atom is 0.115 e. The average Bonchev–Trinajstić information content (AvgIpc) is 2.71. The van der Waals surface area contributed by atoms with Crippen molar-refractivity contribution in [2.75, 3.05) is 0 Å². The van der Waals surface area contributed by atoms with E-state index in [4.69, 9.17) is 0 Å². The molecule has 100 valence electrons. The summed E-state index contributed by atoms with van der Waals surface area (Å²) in [5.74, 6) is 2.00. The van der Waals surface area contributed by atoms with Crippen LogP contribution in [-0.2, 0) is 0 Å². The predicted octanol–water partition coefficient (Wildman–Crippen LogP) is 3.87. The topological polar surface area (TPSA) is 32.3 Å². The van der Waals surface area contributed by atoms with Crippen molar-refractivity contribution >= 4 is 0 Å². The minimum Gasteiger partial charge on any atom is -0.508 e. The molecule has 2 N–H and O–H groups in total. The first-order chi connectivity index (χ1) is 8.61. The molecular weight excluding hydrogens is 222 g/mol. The standard InChI is InChI=1S/C16H25NO/c1-4-13-7-10-16(11(13)2)17-12(3)14-5-8-15(18)9-6-14/h5-6,8-9,11-13,16-18H,4,7,10H2,1-3H3. The Labute approximate surface area is 110 Å². The largest absolute Gasteiger partial charge is 0.508 e. The molecule has 1 aromatic rings. The SMILES string of the molecule is CCC1CCC(NC(C)c2ccc(O)cc2)C1C. The van der Waals surface area contributed by atoms with E-state index in [1.807, 2.05) is 12.1 Å². The highest BCUT2D eigenvalue weighted by Crippen LogP contribution is 2.35. The van der Waals surface area contributed by atoms with E-state index in [0.29, 0.717) is 17.8 Å². The zero-order chi connectivity index (χ0) is 13.1. The number of nitrogens with one attached hydrogen (secondary N) is 1. The Morgan fingerprint density at radius 1 is 1.28 bits per heavy atom. The fraction of sp³-hybridized carbons (Fsp3) is 0.625. The van der Waals surface area contributed by atoms with Crippen molar-refractivity contribution in [2.24, 2.45) is 11.8 Å². The summed E-state index contributed by atoms with van der Waals surface area (Å²) in [6, 6.07) is 8.53. The Balaban J connectivity index is 1.95. The Hall–Kier alpha value is -1.02. The number of benzene rings is 1. The molecule has 4 atom stereocenters. The van der Waals surface area contributed by atoms with Crippen LogP contribution < -0.4 is 5.32 Å². The maximum absolute atomic E-state index is 9.31. The molecule has 2 heteroatoms. The second-order valence-electron chi connectivity index (χ2n) is 5.69. The predicted molar refractivity (Wildman–Crippen MR) is 75.6 cm³/mol. The zero-order valence-corrected chi connectivity index (χ0v) is 11.7. The molecule has 0 aliphatic heterocycles. The summed E-state index contributed by atoms with van der Waals surface area (Å²) in [5.41, 5.74) is 1.25. The molecule has 0 saturated heterocycles. The lowest BCUT2D eigenvalue weighted by Gasteiger charge is -2.25. The van der Waals surface area contributed by atoms with E-state index in [0.717, 1.165) is 11.8 Å². The van der Waals surface area contributed by atoms with Crippen molar-refractivity contribution < 1.29 is 5.11 Å². The van der Waals surface area contributed by atoms with Gasteiger partial charge < -0.3 is 10.4 Å². The molecule has 1 saturated carbocycles. The van der Waals surface area contributed by atoms with Crippen LogP contribution in [0.4, 0.5) is 0 Å². The quantitative estimate of drug-likeness (QED) is 0.846. The van der Waals surface area contributed by atoms with Gasteiger partial charge in [-0.2, -0.15) is 0 Å². The summed E-state index contributed by atoms with van der Waals surface area (Å²) < 4.78 is 0. The van der Waals surface area contributed by atoms with Gasteiger partial charge in [0.05, 0.1) is 0 Å². The fourth-order valence-electron chi connectivity index (χ4n) is 3.24. The van der Waals surface area contributed by atoms with Crippen molar-refractivity contribution in [2.45, 2.75) is 52.1 Å². The number of phenolic OH excluding ortho intramolecular Hbond substituents is 1. The summed E-state index contributed by atoms with van der Waals surface area (Å²) >= 11 is 0. The molecule has 1 aliphatic carbocycles. The number of hydrogen-bond donors (Lipinski definition) is 2. The molecule has 0 amide bonds. The Kier molecular flexibility index (Phi) is 4.28. The minimum absolute atomic E-state index is 0.339. The molecule has 1 fully saturated rings. The molecule has 0 aromatic heterocycles. The summed E-state index contributed by atoms with van der Waals surface area (Å²) in [6.07, 6.45) is 3.95. The summed E-state index contributed by atoms with van der Waals surface area (Å²) in [6.45, 7) is 6.88. The molecule has 18 heavy (non-hydrogen) atoms. The molecule has 4 unspecified atom stereocenters. The van der Waals surface area contributed by atoms with E-state index >= 15 is 0 Å². The maximum atomic E-state index is 9.31. The number of phenols is 1. The van der Waals surface area contributed by atoms with Gasteiger partial charge in [-0.25, -0.2) is 0 Å². The van der Waals surface area contributed by atoms with Crippen LogP contribution in [-0.4, -0.2) is 11.1 Å². The molecule has 2 nitrogen and oxygen atoms in total. The van der Waals surface area contributed by atoms with Crippen LogP contribution in [0.5, 0.6) is 5.75 Å². The van der Waals surface area contributed by atoms with Crippen molar-refractivity contribution in [3.63, 3.8) is 0 Å². The lowest BCUT2D eigenvalue weighted by Crippen LogP contribution is -2.34. The molecule has 0 spiro atoms. The summed E-state index contributed by atoms with van der Waals surface area (Å²) in [5, 5.41) is 13.1. The number of hydrogen-bond acceptors (Lipinski definition) is 2. The van der Waals surface area contributed by atoms with Gasteiger partial charge in [0.1, 0.15) is 5.75 Å². The Bertz CT molecular complexity index is 373. The van der Waals surface area contributed by atoms with Gasteiger partial charge >= 0.3 is 0 Å². The van der Waals surface area contributed by atoms with E-state index in [1.54, 1.807) is 12.1 Å². The van der Waals surface area contributed by atoms with Gasteiger partial charge in [0, 0.05) is 12.1 Å². The Morgan fingerprint density at radius 3 is 2.50 bits per heavy atom.